The second kappa shape index (κ2) is 7.92. The largest absolute Gasteiger partial charge is 0.300 e. The number of carbonyl (C=O) groups excluding carboxylic acids is 2. The van der Waals surface area contributed by atoms with Gasteiger partial charge in [-0.25, -0.2) is 0 Å². The molecule has 0 aromatic heterocycles. The maximum Gasteiger partial charge on any atom is 0.163 e. The van der Waals surface area contributed by atoms with Gasteiger partial charge in [0, 0.05) is 18.4 Å². The summed E-state index contributed by atoms with van der Waals surface area (Å²) in [5.74, 6) is 0.0973. The van der Waals surface area contributed by atoms with Gasteiger partial charge in [-0.3, -0.25) is 4.79 Å². The third kappa shape index (κ3) is 5.78. The van der Waals surface area contributed by atoms with Gasteiger partial charge in [-0.1, -0.05) is 44.2 Å². The molecule has 0 fully saturated rings. The smallest absolute Gasteiger partial charge is 0.163 e. The molecule has 0 saturated heterocycles. The first-order chi connectivity index (χ1) is 7.20. The van der Waals surface area contributed by atoms with E-state index in [-0.39, 0.29) is 11.6 Å². The molecule has 0 bridgehead atoms. The van der Waals surface area contributed by atoms with Gasteiger partial charge in [0.05, 0.1) is 0 Å². The number of hydrogen-bond acceptors (Lipinski definition) is 2. The molecule has 0 aliphatic heterocycles. The summed E-state index contributed by atoms with van der Waals surface area (Å²) < 4.78 is 0. The highest BCUT2D eigenvalue weighted by Crippen LogP contribution is 2.04. The summed E-state index contributed by atoms with van der Waals surface area (Å²) in [4.78, 5) is 22.0. The lowest BCUT2D eigenvalue weighted by Gasteiger charge is -1.97. The minimum Gasteiger partial charge on any atom is -0.300 e. The monoisotopic (exact) mass is 206 g/mol. The zero-order valence-corrected chi connectivity index (χ0v) is 9.62. The fraction of sp³-hybridized carbons (Fsp3) is 0.385. The molecule has 0 amide bonds. The predicted octanol–water partition coefficient (Wildman–Crippen LogP) is 3.26. The van der Waals surface area contributed by atoms with Gasteiger partial charge in [0.2, 0.25) is 0 Å². The molecule has 0 N–H and O–H groups in total. The van der Waals surface area contributed by atoms with Gasteiger partial charge in [-0.15, -0.1) is 0 Å². The Hall–Kier alpha value is -1.44. The minimum absolute atomic E-state index is 0.0378. The first-order valence-corrected chi connectivity index (χ1v) is 5.28. The topological polar surface area (TPSA) is 34.1 Å². The highest BCUT2D eigenvalue weighted by molar-refractivity contribution is 5.97. The van der Waals surface area contributed by atoms with E-state index in [1.807, 2.05) is 32.0 Å². The lowest BCUT2D eigenvalue weighted by molar-refractivity contribution is -0.116. The van der Waals surface area contributed by atoms with Gasteiger partial charge in [-0.2, -0.15) is 0 Å². The van der Waals surface area contributed by atoms with Crippen molar-refractivity contribution in [3.63, 3.8) is 0 Å². The van der Waals surface area contributed by atoms with Crippen LogP contribution in [-0.4, -0.2) is 11.6 Å². The first kappa shape index (κ1) is 13.6. The zero-order chi connectivity index (χ0) is 11.7. The quantitative estimate of drug-likeness (QED) is 0.708. The lowest BCUT2D eigenvalue weighted by Crippen LogP contribution is -2.01. The van der Waals surface area contributed by atoms with Gasteiger partial charge in [-0.05, 0) is 6.92 Å². The molecule has 0 radical (unpaired) electrons. The molecule has 0 spiro atoms. The fourth-order valence-electron chi connectivity index (χ4n) is 1.06. The standard InChI is InChI=1S/C11H12O2.C2H6/c1-9(12)7-8-11(13)10-5-3-2-4-6-10;1-2/h2-6H,7-8H2,1H3;1-2H3. The van der Waals surface area contributed by atoms with E-state index >= 15 is 0 Å². The molecule has 0 saturated carbocycles. The van der Waals surface area contributed by atoms with Crippen molar-refractivity contribution >= 4 is 11.6 Å². The van der Waals surface area contributed by atoms with Crippen molar-refractivity contribution in [2.45, 2.75) is 33.6 Å². The molecule has 2 nitrogen and oxygen atoms in total. The van der Waals surface area contributed by atoms with Crippen molar-refractivity contribution < 1.29 is 9.59 Å². The third-order valence-corrected chi connectivity index (χ3v) is 1.80. The van der Waals surface area contributed by atoms with E-state index in [0.717, 1.165) is 0 Å². The van der Waals surface area contributed by atoms with Gasteiger partial charge >= 0.3 is 0 Å². The normalized spacial score (nSPS) is 8.73. The van der Waals surface area contributed by atoms with Crippen molar-refractivity contribution in [3.05, 3.63) is 35.9 Å². The Bertz CT molecular complexity index is 302. The van der Waals surface area contributed by atoms with Crippen molar-refractivity contribution in [3.8, 4) is 0 Å². The van der Waals surface area contributed by atoms with Crippen LogP contribution in [0, 0.1) is 0 Å². The highest BCUT2D eigenvalue weighted by atomic mass is 16.1. The molecule has 15 heavy (non-hydrogen) atoms. The molecule has 0 aliphatic carbocycles. The predicted molar refractivity (Wildman–Crippen MR) is 62.0 cm³/mol. The number of hydrogen-bond donors (Lipinski definition) is 0. The molecule has 82 valence electrons. The van der Waals surface area contributed by atoms with Crippen molar-refractivity contribution in [2.24, 2.45) is 0 Å². The van der Waals surface area contributed by atoms with Crippen LogP contribution in [0.15, 0.2) is 30.3 Å². The van der Waals surface area contributed by atoms with E-state index in [1.165, 1.54) is 6.92 Å². The Morgan fingerprint density at radius 2 is 1.53 bits per heavy atom. The van der Waals surface area contributed by atoms with Crippen molar-refractivity contribution in [2.75, 3.05) is 0 Å². The van der Waals surface area contributed by atoms with Crippen molar-refractivity contribution in [1.82, 2.24) is 0 Å². The molecule has 1 aromatic rings. The Morgan fingerprint density at radius 1 is 1.00 bits per heavy atom. The number of carbonyl (C=O) groups is 2. The van der Waals surface area contributed by atoms with E-state index in [4.69, 9.17) is 0 Å². The van der Waals surface area contributed by atoms with Crippen LogP contribution in [0.25, 0.3) is 0 Å². The summed E-state index contributed by atoms with van der Waals surface area (Å²) in [5, 5.41) is 0. The first-order valence-electron chi connectivity index (χ1n) is 5.28. The van der Waals surface area contributed by atoms with Crippen LogP contribution in [0.5, 0.6) is 0 Å². The molecule has 0 aliphatic rings. The highest BCUT2D eigenvalue weighted by Gasteiger charge is 2.05. The van der Waals surface area contributed by atoms with Crippen LogP contribution < -0.4 is 0 Å². The lowest BCUT2D eigenvalue weighted by atomic mass is 10.1. The van der Waals surface area contributed by atoms with E-state index < -0.39 is 0 Å². The summed E-state index contributed by atoms with van der Waals surface area (Å²) in [6, 6.07) is 9.04. The van der Waals surface area contributed by atoms with Gasteiger partial charge < -0.3 is 4.79 Å². The van der Waals surface area contributed by atoms with Crippen LogP contribution in [0.3, 0.4) is 0 Å². The summed E-state index contributed by atoms with van der Waals surface area (Å²) >= 11 is 0. The summed E-state index contributed by atoms with van der Waals surface area (Å²) in [7, 11) is 0. The number of benzene rings is 1. The molecular formula is C13H18O2. The van der Waals surface area contributed by atoms with E-state index in [9.17, 15) is 9.59 Å². The van der Waals surface area contributed by atoms with Crippen LogP contribution in [0.4, 0.5) is 0 Å². The molecular weight excluding hydrogens is 188 g/mol. The average molecular weight is 206 g/mol. The average Bonchev–Trinajstić information content (AvgIpc) is 2.30. The van der Waals surface area contributed by atoms with E-state index in [1.54, 1.807) is 12.1 Å². The number of rotatable bonds is 4. The SMILES string of the molecule is CC.CC(=O)CCC(=O)c1ccccc1. The molecule has 0 unspecified atom stereocenters. The summed E-state index contributed by atoms with van der Waals surface area (Å²) in [6.45, 7) is 5.50. The Balaban J connectivity index is 0.000000921. The molecule has 0 atom stereocenters. The maximum absolute atomic E-state index is 11.4. The second-order valence-corrected chi connectivity index (χ2v) is 2.99. The zero-order valence-electron chi connectivity index (χ0n) is 9.62. The Kier molecular flexibility index (Phi) is 7.16. The van der Waals surface area contributed by atoms with Gasteiger partial charge in [0.15, 0.2) is 5.78 Å². The molecule has 1 rings (SSSR count). The van der Waals surface area contributed by atoms with Crippen LogP contribution in [0.2, 0.25) is 0 Å². The van der Waals surface area contributed by atoms with E-state index in [0.29, 0.717) is 18.4 Å². The minimum atomic E-state index is 0.0378. The molecule has 2 heteroatoms. The second-order valence-electron chi connectivity index (χ2n) is 2.99. The van der Waals surface area contributed by atoms with Crippen molar-refractivity contribution in [1.29, 1.82) is 0 Å². The summed E-state index contributed by atoms with van der Waals surface area (Å²) in [5.41, 5.74) is 0.684. The maximum atomic E-state index is 11.4. The number of ketones is 2. The third-order valence-electron chi connectivity index (χ3n) is 1.80. The van der Waals surface area contributed by atoms with Gasteiger partial charge in [0.25, 0.3) is 0 Å². The summed E-state index contributed by atoms with van der Waals surface area (Å²) in [6.07, 6.45) is 0.660. The Morgan fingerprint density at radius 3 is 2.00 bits per heavy atom. The molecule has 0 heterocycles. The molecule has 1 aromatic carbocycles. The van der Waals surface area contributed by atoms with E-state index in [2.05, 4.69) is 0 Å². The van der Waals surface area contributed by atoms with Crippen LogP contribution in [0.1, 0.15) is 44.0 Å². The van der Waals surface area contributed by atoms with Gasteiger partial charge in [0.1, 0.15) is 5.78 Å². The number of Topliss-reactive ketones (excluding diaryl/α,β-unsaturated/α-hetero) is 2. The van der Waals surface area contributed by atoms with Crippen LogP contribution >= 0.6 is 0 Å². The Labute approximate surface area is 91.3 Å². The van der Waals surface area contributed by atoms with Crippen LogP contribution in [-0.2, 0) is 4.79 Å². The fourth-order valence-corrected chi connectivity index (χ4v) is 1.06.